The fourth-order valence-corrected chi connectivity index (χ4v) is 4.68. The molecule has 5 nitrogen and oxygen atoms in total. The summed E-state index contributed by atoms with van der Waals surface area (Å²) in [5.74, 6) is 1.05. The number of thiophene rings is 1. The first-order chi connectivity index (χ1) is 11.1. The lowest BCUT2D eigenvalue weighted by molar-refractivity contribution is 0.0218. The fraction of sp³-hybridized carbons (Fsp3) is 0.500. The summed E-state index contributed by atoms with van der Waals surface area (Å²) in [6.07, 6.45) is 3.82. The van der Waals surface area contributed by atoms with Crippen LogP contribution in [0.25, 0.3) is 10.8 Å². The van der Waals surface area contributed by atoms with Crippen molar-refractivity contribution in [2.75, 3.05) is 13.1 Å². The van der Waals surface area contributed by atoms with Crippen LogP contribution < -0.4 is 5.32 Å². The largest absolute Gasteiger partial charge is 0.424 e. The van der Waals surface area contributed by atoms with Gasteiger partial charge in [-0.3, -0.25) is 9.69 Å². The molecule has 0 aliphatic carbocycles. The van der Waals surface area contributed by atoms with Gasteiger partial charge in [0.1, 0.15) is 0 Å². The van der Waals surface area contributed by atoms with Crippen LogP contribution in [0.4, 0.5) is 0 Å². The normalized spacial score (nSPS) is 29.7. The monoisotopic (exact) mass is 351 g/mol. The fourth-order valence-electron chi connectivity index (χ4n) is 3.71. The van der Waals surface area contributed by atoms with Crippen LogP contribution in [-0.4, -0.2) is 41.0 Å². The molecule has 3 fully saturated rings. The van der Waals surface area contributed by atoms with Crippen molar-refractivity contribution in [1.29, 1.82) is 0 Å². The number of hydrogen-bond donors (Lipinski definition) is 1. The highest BCUT2D eigenvalue weighted by Gasteiger charge is 2.40. The molecule has 0 radical (unpaired) electrons. The zero-order valence-corrected chi connectivity index (χ0v) is 14.4. The topological polar surface area (TPSA) is 58.4 Å². The molecule has 2 bridgehead atoms. The second-order valence-corrected chi connectivity index (χ2v) is 7.70. The number of nitrogens with zero attached hydrogens (tertiary/aromatic N) is 2. The van der Waals surface area contributed by atoms with Gasteiger partial charge in [-0.15, -0.1) is 11.3 Å². The average molecular weight is 352 g/mol. The highest BCUT2D eigenvalue weighted by atomic mass is 35.5. The van der Waals surface area contributed by atoms with E-state index < -0.39 is 0 Å². The number of halogens is 1. The summed E-state index contributed by atoms with van der Waals surface area (Å²) in [4.78, 5) is 20.6. The van der Waals surface area contributed by atoms with E-state index in [-0.39, 0.29) is 17.2 Å². The molecule has 0 aromatic carbocycles. The molecule has 3 aliphatic heterocycles. The van der Waals surface area contributed by atoms with E-state index in [1.807, 2.05) is 12.1 Å². The first-order valence-corrected chi connectivity index (χ1v) is 9.08. The van der Waals surface area contributed by atoms with E-state index in [2.05, 4.69) is 22.1 Å². The highest BCUT2D eigenvalue weighted by Crippen LogP contribution is 2.33. The van der Waals surface area contributed by atoms with E-state index in [4.69, 9.17) is 16.0 Å². The van der Waals surface area contributed by atoms with E-state index >= 15 is 0 Å². The average Bonchev–Trinajstić information content (AvgIpc) is 3.20. The zero-order chi connectivity index (χ0) is 16.0. The van der Waals surface area contributed by atoms with Crippen LogP contribution in [0.5, 0.6) is 0 Å². The molecule has 1 N–H and O–H groups in total. The van der Waals surface area contributed by atoms with Gasteiger partial charge >= 0.3 is 0 Å². The Balaban J connectivity index is 1.48. The van der Waals surface area contributed by atoms with Gasteiger partial charge in [0, 0.05) is 12.1 Å². The van der Waals surface area contributed by atoms with Crippen LogP contribution in [0.3, 0.4) is 0 Å². The number of carbonyl (C=O) groups excluding carboxylic acids is 1. The molecule has 0 spiro atoms. The van der Waals surface area contributed by atoms with Gasteiger partial charge in [-0.2, -0.15) is 0 Å². The van der Waals surface area contributed by atoms with Gasteiger partial charge in [-0.1, -0.05) is 0 Å². The van der Waals surface area contributed by atoms with Gasteiger partial charge in [0.05, 0.1) is 16.0 Å². The molecule has 2 atom stereocenters. The van der Waals surface area contributed by atoms with Crippen LogP contribution in [-0.2, 0) is 0 Å². The zero-order valence-electron chi connectivity index (χ0n) is 12.8. The van der Waals surface area contributed by atoms with Crippen molar-refractivity contribution in [3.05, 3.63) is 28.4 Å². The Labute approximate surface area is 143 Å². The lowest BCUT2D eigenvalue weighted by Gasteiger charge is -2.49. The van der Waals surface area contributed by atoms with Crippen molar-refractivity contribution in [3.8, 4) is 10.8 Å². The second-order valence-electron chi connectivity index (χ2n) is 6.25. The van der Waals surface area contributed by atoms with E-state index in [0.29, 0.717) is 22.7 Å². The lowest BCUT2D eigenvalue weighted by Crippen LogP contribution is -2.62. The number of hydrogen-bond acceptors (Lipinski definition) is 5. The van der Waals surface area contributed by atoms with E-state index in [0.717, 1.165) is 18.0 Å². The van der Waals surface area contributed by atoms with Crippen molar-refractivity contribution in [3.63, 3.8) is 0 Å². The van der Waals surface area contributed by atoms with Crippen molar-refractivity contribution >= 4 is 28.8 Å². The summed E-state index contributed by atoms with van der Waals surface area (Å²) in [7, 11) is 0. The SMILES string of the molecule is C[C@H]1[C@H](NC(=O)c2ccc(-c3ncc(Cl)o3)s2)C2CCN1CC2. The summed E-state index contributed by atoms with van der Waals surface area (Å²) in [6.45, 7) is 4.53. The first-order valence-electron chi connectivity index (χ1n) is 7.88. The number of piperidine rings is 3. The molecule has 3 aliphatic rings. The van der Waals surface area contributed by atoms with E-state index in [1.54, 1.807) is 0 Å². The van der Waals surface area contributed by atoms with E-state index in [1.165, 1.54) is 30.4 Å². The molecule has 0 saturated carbocycles. The molecule has 3 saturated heterocycles. The second kappa shape index (κ2) is 5.92. The summed E-state index contributed by atoms with van der Waals surface area (Å²) in [5.41, 5.74) is 0. The van der Waals surface area contributed by atoms with Crippen LogP contribution in [0.15, 0.2) is 22.7 Å². The van der Waals surface area contributed by atoms with Crippen molar-refractivity contribution < 1.29 is 9.21 Å². The Bertz CT molecular complexity index is 718. The third-order valence-corrected chi connectivity index (χ3v) is 6.24. The van der Waals surface area contributed by atoms with E-state index in [9.17, 15) is 4.79 Å². The van der Waals surface area contributed by atoms with Crippen LogP contribution in [0.1, 0.15) is 29.4 Å². The lowest BCUT2D eigenvalue weighted by atomic mass is 9.79. The Hall–Kier alpha value is -1.37. The molecule has 7 heteroatoms. The molecule has 5 rings (SSSR count). The Morgan fingerprint density at radius 1 is 1.43 bits per heavy atom. The molecular formula is C16H18ClN3O2S. The van der Waals surface area contributed by atoms with Crippen LogP contribution in [0, 0.1) is 5.92 Å². The number of amides is 1. The summed E-state index contributed by atoms with van der Waals surface area (Å²) in [5, 5.41) is 3.49. The van der Waals surface area contributed by atoms with Crippen molar-refractivity contribution in [2.24, 2.45) is 5.92 Å². The van der Waals surface area contributed by atoms with Crippen molar-refractivity contribution in [1.82, 2.24) is 15.2 Å². The molecule has 2 aromatic heterocycles. The first kappa shape index (κ1) is 15.2. The number of fused-ring (bicyclic) bond motifs is 3. The van der Waals surface area contributed by atoms with Gasteiger partial charge in [-0.25, -0.2) is 4.98 Å². The summed E-state index contributed by atoms with van der Waals surface area (Å²) in [6, 6.07) is 4.32. The Morgan fingerprint density at radius 2 is 2.22 bits per heavy atom. The maximum atomic E-state index is 12.6. The molecule has 2 aromatic rings. The Morgan fingerprint density at radius 3 is 2.87 bits per heavy atom. The standard InChI is InChI=1S/C16H18ClN3O2S/c1-9-14(10-4-6-20(9)7-5-10)19-15(21)11-2-3-12(23-11)16-18-8-13(17)22-16/h2-3,8-10,14H,4-7H2,1H3,(H,19,21)/t9-,14-/m0/s1. The van der Waals surface area contributed by atoms with Gasteiger partial charge in [0.25, 0.3) is 5.91 Å². The number of rotatable bonds is 3. The number of nitrogens with one attached hydrogen (secondary N) is 1. The minimum Gasteiger partial charge on any atom is -0.424 e. The minimum atomic E-state index is -0.00972. The predicted octanol–water partition coefficient (Wildman–Crippen LogP) is 3.27. The predicted molar refractivity (Wildman–Crippen MR) is 89.8 cm³/mol. The smallest absolute Gasteiger partial charge is 0.261 e. The quantitative estimate of drug-likeness (QED) is 0.922. The maximum Gasteiger partial charge on any atom is 0.261 e. The number of aromatic nitrogens is 1. The molecule has 0 unspecified atom stereocenters. The van der Waals surface area contributed by atoms with Gasteiger partial charge in [0.15, 0.2) is 0 Å². The maximum absolute atomic E-state index is 12.6. The molecular weight excluding hydrogens is 334 g/mol. The van der Waals surface area contributed by atoms with Crippen molar-refractivity contribution in [2.45, 2.75) is 31.8 Å². The van der Waals surface area contributed by atoms with Gasteiger partial charge < -0.3 is 9.73 Å². The van der Waals surface area contributed by atoms with Gasteiger partial charge in [0.2, 0.25) is 11.1 Å². The third kappa shape index (κ3) is 2.79. The molecule has 5 heterocycles. The number of oxazole rings is 1. The Kier molecular flexibility index (Phi) is 3.91. The molecule has 23 heavy (non-hydrogen) atoms. The molecule has 122 valence electrons. The minimum absolute atomic E-state index is 0.00972. The third-order valence-electron chi connectivity index (χ3n) is 4.99. The van der Waals surface area contributed by atoms with Gasteiger partial charge in [-0.05, 0) is 62.5 Å². The van der Waals surface area contributed by atoms with Crippen LogP contribution in [0.2, 0.25) is 5.22 Å². The number of carbonyl (C=O) groups is 1. The summed E-state index contributed by atoms with van der Waals surface area (Å²) < 4.78 is 5.30. The molecule has 1 amide bonds. The van der Waals surface area contributed by atoms with Crippen LogP contribution >= 0.6 is 22.9 Å². The summed E-state index contributed by atoms with van der Waals surface area (Å²) >= 11 is 7.13. The highest BCUT2D eigenvalue weighted by molar-refractivity contribution is 7.17.